The Bertz CT molecular complexity index is 449. The van der Waals surface area contributed by atoms with Crippen molar-refractivity contribution in [2.75, 3.05) is 6.61 Å². The number of hydrogen-bond acceptors (Lipinski definition) is 6. The molecule has 7 nitrogen and oxygen atoms in total. The largest absolute Gasteiger partial charge is 0.504 e. The van der Waals surface area contributed by atoms with Crippen LogP contribution in [0.3, 0.4) is 0 Å². The zero-order chi connectivity index (χ0) is 13.9. The lowest BCUT2D eigenvalue weighted by Gasteiger charge is -2.18. The summed E-state index contributed by atoms with van der Waals surface area (Å²) >= 11 is 0. The van der Waals surface area contributed by atoms with Crippen molar-refractivity contribution in [3.63, 3.8) is 0 Å². The summed E-state index contributed by atoms with van der Waals surface area (Å²) in [4.78, 5) is 11.4. The zero-order valence-corrected chi connectivity index (χ0v) is 9.79. The Morgan fingerprint density at radius 2 is 1.94 bits per heavy atom. The van der Waals surface area contributed by atoms with Crippen molar-refractivity contribution in [1.29, 1.82) is 0 Å². The number of aromatic hydroxyl groups is 3. The van der Waals surface area contributed by atoms with Crippen LogP contribution >= 0.6 is 0 Å². The van der Waals surface area contributed by atoms with Gasteiger partial charge >= 0.3 is 0 Å². The molecule has 0 bridgehead atoms. The van der Waals surface area contributed by atoms with Crippen LogP contribution in [0.4, 0.5) is 0 Å². The Kier molecular flexibility index (Phi) is 4.35. The van der Waals surface area contributed by atoms with Gasteiger partial charge in [-0.1, -0.05) is 0 Å². The number of amides is 1. The van der Waals surface area contributed by atoms with Gasteiger partial charge in [0.15, 0.2) is 11.5 Å². The third kappa shape index (κ3) is 2.82. The second kappa shape index (κ2) is 5.56. The van der Waals surface area contributed by atoms with Gasteiger partial charge in [0, 0.05) is 5.56 Å². The number of aliphatic hydroxyl groups is 1. The number of phenolic OH excluding ortho intramolecular Hbond substituents is 3. The van der Waals surface area contributed by atoms with E-state index in [0.29, 0.717) is 0 Å². The monoisotopic (exact) mass is 256 g/mol. The van der Waals surface area contributed by atoms with E-state index in [0.717, 1.165) is 0 Å². The molecule has 0 spiro atoms. The molecule has 1 rings (SSSR count). The Balaban J connectivity index is 2.88. The molecule has 100 valence electrons. The lowest BCUT2D eigenvalue weighted by molar-refractivity contribution is -0.123. The van der Waals surface area contributed by atoms with Gasteiger partial charge in [-0.05, 0) is 19.1 Å². The highest BCUT2D eigenvalue weighted by molar-refractivity contribution is 5.82. The second-order valence-corrected chi connectivity index (χ2v) is 3.89. The van der Waals surface area contributed by atoms with Gasteiger partial charge in [0.2, 0.25) is 11.7 Å². The minimum absolute atomic E-state index is 0.226. The average Bonchev–Trinajstić information content (AvgIpc) is 2.34. The SMILES string of the molecule is CC(NC(=O)C(N)CO)c1ccc(O)c(O)c1O. The van der Waals surface area contributed by atoms with E-state index >= 15 is 0 Å². The Morgan fingerprint density at radius 1 is 1.33 bits per heavy atom. The number of hydrogen-bond donors (Lipinski definition) is 6. The van der Waals surface area contributed by atoms with E-state index in [1.807, 2.05) is 0 Å². The van der Waals surface area contributed by atoms with E-state index in [-0.39, 0.29) is 5.56 Å². The number of nitrogens with two attached hydrogens (primary N) is 1. The molecule has 1 aromatic rings. The van der Waals surface area contributed by atoms with Crippen LogP contribution in [0.15, 0.2) is 12.1 Å². The van der Waals surface area contributed by atoms with E-state index < -0.39 is 41.8 Å². The first-order valence-corrected chi connectivity index (χ1v) is 5.29. The van der Waals surface area contributed by atoms with Crippen LogP contribution in [0.2, 0.25) is 0 Å². The maximum atomic E-state index is 11.4. The third-order valence-electron chi connectivity index (χ3n) is 2.52. The lowest BCUT2D eigenvalue weighted by atomic mass is 10.1. The molecular formula is C11H16N2O5. The first-order chi connectivity index (χ1) is 8.38. The number of carbonyl (C=O) groups is 1. The molecule has 0 aliphatic rings. The van der Waals surface area contributed by atoms with Gasteiger partial charge in [-0.25, -0.2) is 0 Å². The number of nitrogens with one attached hydrogen (secondary N) is 1. The molecular weight excluding hydrogens is 240 g/mol. The van der Waals surface area contributed by atoms with Gasteiger partial charge in [-0.3, -0.25) is 4.79 Å². The first kappa shape index (κ1) is 14.1. The predicted molar refractivity (Wildman–Crippen MR) is 63.1 cm³/mol. The summed E-state index contributed by atoms with van der Waals surface area (Å²) in [6.07, 6.45) is 0. The second-order valence-electron chi connectivity index (χ2n) is 3.89. The summed E-state index contributed by atoms with van der Waals surface area (Å²) in [5.74, 6) is -2.21. The minimum atomic E-state index is -1.06. The van der Waals surface area contributed by atoms with Crippen LogP contribution in [0.5, 0.6) is 17.2 Å². The quantitative estimate of drug-likeness (QED) is 0.394. The molecule has 0 aromatic heterocycles. The molecule has 0 aliphatic heterocycles. The number of aliphatic hydroxyl groups excluding tert-OH is 1. The van der Waals surface area contributed by atoms with Crippen molar-refractivity contribution >= 4 is 5.91 Å². The molecule has 0 saturated carbocycles. The maximum absolute atomic E-state index is 11.4. The third-order valence-corrected chi connectivity index (χ3v) is 2.52. The van der Waals surface area contributed by atoms with Crippen molar-refractivity contribution in [1.82, 2.24) is 5.32 Å². The van der Waals surface area contributed by atoms with Gasteiger partial charge < -0.3 is 31.5 Å². The van der Waals surface area contributed by atoms with Crippen LogP contribution in [0, 0.1) is 0 Å². The maximum Gasteiger partial charge on any atom is 0.239 e. The van der Waals surface area contributed by atoms with E-state index in [9.17, 15) is 15.0 Å². The molecule has 0 aliphatic carbocycles. The summed E-state index contributed by atoms with van der Waals surface area (Å²) in [5.41, 5.74) is 5.55. The number of carbonyl (C=O) groups excluding carboxylic acids is 1. The van der Waals surface area contributed by atoms with Gasteiger partial charge in [-0.2, -0.15) is 0 Å². The fraction of sp³-hybridized carbons (Fsp3) is 0.364. The summed E-state index contributed by atoms with van der Waals surface area (Å²) in [5, 5.41) is 39.3. The number of benzene rings is 1. The normalized spacial score (nSPS) is 13.9. The molecule has 1 amide bonds. The highest BCUT2D eigenvalue weighted by Crippen LogP contribution is 2.39. The van der Waals surface area contributed by atoms with Crippen LogP contribution in [0.1, 0.15) is 18.5 Å². The number of rotatable bonds is 4. The lowest BCUT2D eigenvalue weighted by Crippen LogP contribution is -2.43. The van der Waals surface area contributed by atoms with E-state index in [2.05, 4.69) is 5.32 Å². The van der Waals surface area contributed by atoms with E-state index in [4.69, 9.17) is 15.9 Å². The molecule has 0 fully saturated rings. The van der Waals surface area contributed by atoms with Crippen molar-refractivity contribution in [3.05, 3.63) is 17.7 Å². The number of phenols is 3. The molecule has 7 N–H and O–H groups in total. The highest BCUT2D eigenvalue weighted by Gasteiger charge is 2.20. The molecule has 1 aromatic carbocycles. The summed E-state index contributed by atoms with van der Waals surface area (Å²) in [6.45, 7) is 1.07. The summed E-state index contributed by atoms with van der Waals surface area (Å²) in [7, 11) is 0. The van der Waals surface area contributed by atoms with Crippen LogP contribution < -0.4 is 11.1 Å². The fourth-order valence-corrected chi connectivity index (χ4v) is 1.42. The Morgan fingerprint density at radius 3 is 2.50 bits per heavy atom. The average molecular weight is 256 g/mol. The smallest absolute Gasteiger partial charge is 0.239 e. The Hall–Kier alpha value is -1.99. The first-order valence-electron chi connectivity index (χ1n) is 5.29. The van der Waals surface area contributed by atoms with Crippen molar-refractivity contribution in [2.45, 2.75) is 19.0 Å². The van der Waals surface area contributed by atoms with Crippen molar-refractivity contribution in [3.8, 4) is 17.2 Å². The van der Waals surface area contributed by atoms with Crippen molar-refractivity contribution in [2.24, 2.45) is 5.73 Å². The van der Waals surface area contributed by atoms with Crippen LogP contribution in [0.25, 0.3) is 0 Å². The van der Waals surface area contributed by atoms with E-state index in [1.165, 1.54) is 12.1 Å². The fourth-order valence-electron chi connectivity index (χ4n) is 1.42. The summed E-state index contributed by atoms with van der Waals surface area (Å²) < 4.78 is 0. The Labute approximate surface area is 103 Å². The van der Waals surface area contributed by atoms with E-state index in [1.54, 1.807) is 6.92 Å². The molecule has 2 atom stereocenters. The van der Waals surface area contributed by atoms with Crippen LogP contribution in [-0.2, 0) is 4.79 Å². The highest BCUT2D eigenvalue weighted by atomic mass is 16.3. The molecule has 0 heterocycles. The minimum Gasteiger partial charge on any atom is -0.504 e. The van der Waals surface area contributed by atoms with Gasteiger partial charge in [-0.15, -0.1) is 0 Å². The molecule has 0 saturated heterocycles. The van der Waals surface area contributed by atoms with Crippen LogP contribution in [-0.4, -0.2) is 39.0 Å². The predicted octanol–water partition coefficient (Wildman–Crippen LogP) is -0.700. The zero-order valence-electron chi connectivity index (χ0n) is 9.79. The summed E-state index contributed by atoms with van der Waals surface area (Å²) in [6, 6.07) is 0.862. The molecule has 18 heavy (non-hydrogen) atoms. The molecule has 2 unspecified atom stereocenters. The standard InChI is InChI=1S/C11H16N2O5/c1-5(13-11(18)7(12)4-14)6-2-3-8(15)10(17)9(6)16/h2-3,5,7,14-17H,4,12H2,1H3,(H,13,18). The van der Waals surface area contributed by atoms with Gasteiger partial charge in [0.05, 0.1) is 12.6 Å². The van der Waals surface area contributed by atoms with Gasteiger partial charge in [0.1, 0.15) is 6.04 Å². The molecule has 7 heteroatoms. The van der Waals surface area contributed by atoms with Gasteiger partial charge in [0.25, 0.3) is 0 Å². The molecule has 0 radical (unpaired) electrons. The van der Waals surface area contributed by atoms with Crippen molar-refractivity contribution < 1.29 is 25.2 Å². The topological polar surface area (TPSA) is 136 Å².